The first kappa shape index (κ1) is 13.7. The molecule has 0 aliphatic heterocycles. The lowest BCUT2D eigenvalue weighted by Gasteiger charge is -2.31. The topological polar surface area (TPSA) is 0 Å². The molecule has 2 rings (SSSR count). The molecule has 0 bridgehead atoms. The molecule has 0 saturated heterocycles. The van der Waals surface area contributed by atoms with E-state index in [-0.39, 0.29) is 16.9 Å². The first-order valence-electron chi connectivity index (χ1n) is 6.11. The van der Waals surface area contributed by atoms with Gasteiger partial charge in [0.25, 0.3) is 0 Å². The highest BCUT2D eigenvalue weighted by atomic mass is 35.5. The van der Waals surface area contributed by atoms with E-state index in [4.69, 9.17) is 11.6 Å². The van der Waals surface area contributed by atoms with Gasteiger partial charge in [-0.3, -0.25) is 0 Å². The van der Waals surface area contributed by atoms with Gasteiger partial charge in [-0.2, -0.15) is 0 Å². The first-order chi connectivity index (χ1) is 8.33. The van der Waals surface area contributed by atoms with Crippen LogP contribution >= 0.6 is 11.6 Å². The van der Waals surface area contributed by atoms with Crippen molar-refractivity contribution >= 4 is 11.6 Å². The average molecular weight is 277 g/mol. The van der Waals surface area contributed by atoms with Crippen LogP contribution in [0.25, 0.3) is 0 Å². The largest absolute Gasteiger partial charge is 0.207 e. The highest BCUT2D eigenvalue weighted by Crippen LogP contribution is 2.51. The number of hydrogen-bond acceptors (Lipinski definition) is 0. The molecule has 2 unspecified atom stereocenters. The lowest BCUT2D eigenvalue weighted by Crippen LogP contribution is -2.22. The summed E-state index contributed by atoms with van der Waals surface area (Å²) in [6, 6.07) is 1.46. The second-order valence-electron chi connectivity index (χ2n) is 5.68. The molecule has 0 nitrogen and oxygen atoms in total. The van der Waals surface area contributed by atoms with Gasteiger partial charge in [0, 0.05) is 11.6 Å². The molecule has 1 fully saturated rings. The normalized spacial score (nSPS) is 24.2. The number of alkyl halides is 1. The Morgan fingerprint density at radius 2 is 1.78 bits per heavy atom. The average Bonchev–Trinajstić information content (AvgIpc) is 2.62. The van der Waals surface area contributed by atoms with Gasteiger partial charge in [0.2, 0.25) is 0 Å². The van der Waals surface area contributed by atoms with Crippen molar-refractivity contribution in [2.24, 2.45) is 11.3 Å². The van der Waals surface area contributed by atoms with Crippen molar-refractivity contribution in [3.63, 3.8) is 0 Å². The zero-order valence-electron chi connectivity index (χ0n) is 10.4. The molecular formula is C14H16ClF3. The fraction of sp³-hybridized carbons (Fsp3) is 0.571. The monoisotopic (exact) mass is 276 g/mol. The Bertz CT molecular complexity index is 457. The number of hydrogen-bond donors (Lipinski definition) is 0. The van der Waals surface area contributed by atoms with Crippen LogP contribution in [0.15, 0.2) is 12.1 Å². The third-order valence-electron chi connectivity index (χ3n) is 4.03. The van der Waals surface area contributed by atoms with Crippen LogP contribution in [0, 0.1) is 28.8 Å². The first-order valence-corrected chi connectivity index (χ1v) is 6.55. The maximum Gasteiger partial charge on any atom is 0.161 e. The summed E-state index contributed by atoms with van der Waals surface area (Å²) in [7, 11) is 0. The minimum Gasteiger partial charge on any atom is -0.207 e. The molecule has 1 aliphatic carbocycles. The van der Waals surface area contributed by atoms with Crippen molar-refractivity contribution < 1.29 is 13.2 Å². The van der Waals surface area contributed by atoms with E-state index in [0.717, 1.165) is 25.3 Å². The molecule has 4 heteroatoms. The summed E-state index contributed by atoms with van der Waals surface area (Å²) in [5.74, 6) is -2.91. The fourth-order valence-electron chi connectivity index (χ4n) is 2.86. The van der Waals surface area contributed by atoms with E-state index in [1.54, 1.807) is 0 Å². The minimum absolute atomic E-state index is 0.00369. The number of halogens is 4. The lowest BCUT2D eigenvalue weighted by molar-refractivity contribution is 0.249. The van der Waals surface area contributed by atoms with Gasteiger partial charge in [0.1, 0.15) is 5.82 Å². The van der Waals surface area contributed by atoms with Crippen LogP contribution in [0.1, 0.15) is 44.1 Å². The summed E-state index contributed by atoms with van der Waals surface area (Å²) in [5, 5.41) is -0.613. The van der Waals surface area contributed by atoms with Crippen LogP contribution in [0.2, 0.25) is 0 Å². The smallest absolute Gasteiger partial charge is 0.161 e. The molecule has 1 aromatic carbocycles. The molecule has 0 aromatic heterocycles. The molecule has 0 spiro atoms. The predicted molar refractivity (Wildman–Crippen MR) is 66.0 cm³/mol. The van der Waals surface area contributed by atoms with Crippen molar-refractivity contribution in [3.8, 4) is 0 Å². The second-order valence-corrected chi connectivity index (χ2v) is 6.15. The van der Waals surface area contributed by atoms with Crippen molar-refractivity contribution in [1.82, 2.24) is 0 Å². The third-order valence-corrected chi connectivity index (χ3v) is 4.57. The van der Waals surface area contributed by atoms with Crippen molar-refractivity contribution in [2.75, 3.05) is 0 Å². The van der Waals surface area contributed by atoms with Crippen LogP contribution in [0.4, 0.5) is 13.2 Å². The van der Waals surface area contributed by atoms with E-state index in [0.29, 0.717) is 6.07 Å². The molecule has 0 heterocycles. The van der Waals surface area contributed by atoms with Gasteiger partial charge in [0.05, 0.1) is 5.38 Å². The van der Waals surface area contributed by atoms with Gasteiger partial charge in [0.15, 0.2) is 11.6 Å². The van der Waals surface area contributed by atoms with Crippen LogP contribution in [0.5, 0.6) is 0 Å². The van der Waals surface area contributed by atoms with E-state index in [2.05, 4.69) is 13.8 Å². The van der Waals surface area contributed by atoms with Crippen LogP contribution in [0.3, 0.4) is 0 Å². The maximum absolute atomic E-state index is 13.7. The minimum atomic E-state index is -1.18. The Balaban J connectivity index is 2.34. The summed E-state index contributed by atoms with van der Waals surface area (Å²) in [4.78, 5) is 0. The second kappa shape index (κ2) is 4.76. The quantitative estimate of drug-likeness (QED) is 0.514. The van der Waals surface area contributed by atoms with Crippen molar-refractivity contribution in [2.45, 2.75) is 38.5 Å². The van der Waals surface area contributed by atoms with Gasteiger partial charge < -0.3 is 0 Å². The molecular weight excluding hydrogens is 261 g/mol. The van der Waals surface area contributed by atoms with Crippen LogP contribution in [-0.2, 0) is 0 Å². The van der Waals surface area contributed by atoms with Gasteiger partial charge in [-0.15, -0.1) is 11.6 Å². The Kier molecular flexibility index (Phi) is 3.63. The molecule has 0 amide bonds. The zero-order chi connectivity index (χ0) is 13.5. The summed E-state index contributed by atoms with van der Waals surface area (Å²) in [6.07, 6.45) is 2.94. The lowest BCUT2D eigenvalue weighted by atomic mass is 9.78. The molecule has 1 aromatic rings. The van der Waals surface area contributed by atoms with Crippen LogP contribution in [-0.4, -0.2) is 0 Å². The maximum atomic E-state index is 13.7. The summed E-state index contributed by atoms with van der Waals surface area (Å²) < 4.78 is 39.8. The Labute approximate surface area is 110 Å². The van der Waals surface area contributed by atoms with Crippen molar-refractivity contribution in [3.05, 3.63) is 35.1 Å². The fourth-order valence-corrected chi connectivity index (χ4v) is 3.50. The SMILES string of the molecule is CC1(C)CCCC1C(Cl)c1cc(F)c(F)cc1F. The van der Waals surface area contributed by atoms with Gasteiger partial charge in [-0.1, -0.05) is 20.3 Å². The van der Waals surface area contributed by atoms with E-state index < -0.39 is 22.8 Å². The molecule has 18 heavy (non-hydrogen) atoms. The van der Waals surface area contributed by atoms with Gasteiger partial charge in [-0.25, -0.2) is 13.2 Å². The summed E-state index contributed by atoms with van der Waals surface area (Å²) >= 11 is 6.30. The molecule has 0 radical (unpaired) electrons. The van der Waals surface area contributed by atoms with E-state index in [9.17, 15) is 13.2 Å². The van der Waals surface area contributed by atoms with Crippen LogP contribution < -0.4 is 0 Å². The number of benzene rings is 1. The Hall–Kier alpha value is -0.700. The Morgan fingerprint density at radius 3 is 2.33 bits per heavy atom. The van der Waals surface area contributed by atoms with E-state index in [1.807, 2.05) is 0 Å². The summed E-state index contributed by atoms with van der Waals surface area (Å²) in [6.45, 7) is 4.16. The van der Waals surface area contributed by atoms with Gasteiger partial charge in [-0.05, 0) is 30.2 Å². The molecule has 1 aliphatic rings. The summed E-state index contributed by atoms with van der Waals surface area (Å²) in [5.41, 5.74) is 0.0690. The third kappa shape index (κ3) is 2.37. The molecule has 1 saturated carbocycles. The predicted octanol–water partition coefficient (Wildman–Crippen LogP) is 5.21. The molecule has 100 valence electrons. The standard InChI is InChI=1S/C14H16ClF3/c1-14(2)5-3-4-9(14)13(15)8-6-11(17)12(18)7-10(8)16/h6-7,9,13H,3-5H2,1-2H3. The zero-order valence-corrected chi connectivity index (χ0v) is 11.2. The van der Waals surface area contributed by atoms with E-state index in [1.165, 1.54) is 0 Å². The van der Waals surface area contributed by atoms with Crippen molar-refractivity contribution in [1.29, 1.82) is 0 Å². The number of rotatable bonds is 2. The molecule has 0 N–H and O–H groups in total. The molecule has 2 atom stereocenters. The Morgan fingerprint density at radius 1 is 1.17 bits per heavy atom. The van der Waals surface area contributed by atoms with E-state index >= 15 is 0 Å². The van der Waals surface area contributed by atoms with Gasteiger partial charge >= 0.3 is 0 Å². The highest BCUT2D eigenvalue weighted by molar-refractivity contribution is 6.21. The highest BCUT2D eigenvalue weighted by Gasteiger charge is 2.40.